The fraction of sp³-hybridized carbons (Fsp3) is 0.567. The molecular weight excluding hydrogens is 600 g/mol. The molecule has 11 atom stereocenters. The number of aliphatic hydroxyl groups excluding tert-OH is 7. The minimum atomic E-state index is -1.79. The Kier molecular flexibility index (Phi) is 10.4. The number of rotatable bonds is 10. The number of methoxy groups -OCH3 is 1. The second-order valence-electron chi connectivity index (χ2n) is 10.9. The van der Waals surface area contributed by atoms with Gasteiger partial charge in [0.05, 0.1) is 33.4 Å². The Balaban J connectivity index is 1.33. The Morgan fingerprint density at radius 2 is 1.47 bits per heavy atom. The second kappa shape index (κ2) is 14.1. The van der Waals surface area contributed by atoms with E-state index < -0.39 is 80.7 Å². The summed E-state index contributed by atoms with van der Waals surface area (Å²) in [5.41, 5.74) is 0.802. The summed E-state index contributed by atoms with van der Waals surface area (Å²) in [5.74, 6) is 0.698. The first-order valence-electron chi connectivity index (χ1n) is 14.5. The molecule has 15 heteroatoms. The first-order valence-corrected chi connectivity index (χ1v) is 14.5. The van der Waals surface area contributed by atoms with E-state index in [4.69, 9.17) is 33.2 Å². The largest absolute Gasteiger partial charge is 0.496 e. The fourth-order valence-electron chi connectivity index (χ4n) is 5.41. The van der Waals surface area contributed by atoms with E-state index in [2.05, 4.69) is 0 Å². The number of benzene rings is 2. The fourth-order valence-corrected chi connectivity index (χ4v) is 5.41. The molecule has 11 unspecified atom stereocenters. The quantitative estimate of drug-likeness (QED) is 0.162. The van der Waals surface area contributed by atoms with E-state index in [0.29, 0.717) is 12.4 Å². The second-order valence-corrected chi connectivity index (χ2v) is 10.9. The molecule has 2 aromatic carbocycles. The molecule has 0 radical (unpaired) electrons. The topological polar surface area (TPSA) is 223 Å². The summed E-state index contributed by atoms with van der Waals surface area (Å²) in [6.07, 6.45) is -16.7. The van der Waals surface area contributed by atoms with Crippen molar-refractivity contribution in [1.82, 2.24) is 0 Å². The number of hydrogen-bond acceptors (Lipinski definition) is 15. The average molecular weight is 639 g/mol. The summed E-state index contributed by atoms with van der Waals surface area (Å²) in [5, 5.41) is 71.5. The Morgan fingerprint density at radius 3 is 2.11 bits per heavy atom. The zero-order chi connectivity index (χ0) is 32.4. The summed E-state index contributed by atoms with van der Waals surface area (Å²) in [7, 11) is 1.40. The van der Waals surface area contributed by atoms with Gasteiger partial charge in [0.15, 0.2) is 12.1 Å². The molecule has 15 nitrogen and oxygen atoms in total. The molecule has 0 amide bonds. The van der Waals surface area contributed by atoms with E-state index in [1.54, 1.807) is 24.3 Å². The first kappa shape index (κ1) is 33.3. The Morgan fingerprint density at radius 1 is 0.822 bits per heavy atom. The maximum Gasteiger partial charge on any atom is 0.229 e. The van der Waals surface area contributed by atoms with Crippen LogP contribution in [0.2, 0.25) is 0 Å². The number of fused-ring (bicyclic) bond motifs is 1. The van der Waals surface area contributed by atoms with Crippen LogP contribution < -0.4 is 18.9 Å². The molecule has 2 aromatic rings. The van der Waals surface area contributed by atoms with Crippen LogP contribution in [0.5, 0.6) is 23.0 Å². The van der Waals surface area contributed by atoms with Crippen molar-refractivity contribution in [3.05, 3.63) is 47.5 Å². The van der Waals surface area contributed by atoms with Crippen LogP contribution in [0.15, 0.2) is 36.4 Å². The summed E-state index contributed by atoms with van der Waals surface area (Å²) >= 11 is 0. The van der Waals surface area contributed by atoms with Gasteiger partial charge in [-0.05, 0) is 24.6 Å². The van der Waals surface area contributed by atoms with Crippen LogP contribution in [0.1, 0.15) is 35.4 Å². The molecule has 248 valence electrons. The number of hydrogen-bond donors (Lipinski definition) is 7. The van der Waals surface area contributed by atoms with Gasteiger partial charge in [0, 0.05) is 12.1 Å². The van der Waals surface area contributed by atoms with Crippen molar-refractivity contribution < 1.29 is 73.7 Å². The lowest BCUT2D eigenvalue weighted by atomic mass is 9.95. The molecule has 7 N–H and O–H groups in total. The lowest BCUT2D eigenvalue weighted by molar-refractivity contribution is -0.323. The highest BCUT2D eigenvalue weighted by Gasteiger charge is 2.48. The maximum atomic E-state index is 13.4. The number of carbonyl (C=O) groups is 1. The van der Waals surface area contributed by atoms with Gasteiger partial charge in [-0.25, -0.2) is 0 Å². The van der Waals surface area contributed by atoms with E-state index in [1.165, 1.54) is 19.2 Å². The Hall–Kier alpha value is -3.09. The summed E-state index contributed by atoms with van der Waals surface area (Å²) in [6, 6.07) is 10.1. The van der Waals surface area contributed by atoms with Gasteiger partial charge in [-0.2, -0.15) is 0 Å². The van der Waals surface area contributed by atoms with Crippen LogP contribution in [0.3, 0.4) is 0 Å². The zero-order valence-corrected chi connectivity index (χ0v) is 24.5. The highest BCUT2D eigenvalue weighted by molar-refractivity contribution is 6.03. The van der Waals surface area contributed by atoms with E-state index >= 15 is 0 Å². The minimum absolute atomic E-state index is 0.0331. The molecule has 0 aliphatic carbocycles. The molecular formula is C30H38O15. The maximum absolute atomic E-state index is 13.4. The Labute approximate surface area is 258 Å². The van der Waals surface area contributed by atoms with Gasteiger partial charge in [-0.15, -0.1) is 0 Å². The highest BCUT2D eigenvalue weighted by Crippen LogP contribution is 2.43. The highest BCUT2D eigenvalue weighted by atomic mass is 16.7. The van der Waals surface area contributed by atoms with Crippen LogP contribution in [0.4, 0.5) is 0 Å². The number of Topliss-reactive ketones (excluding diaryl/α,β-unsaturated/α-hetero) is 1. The molecule has 0 bridgehead atoms. The SMILES string of the molecule is CCOc1ccc(C2CC(=O)c3c(cc(OC)cc3OC3OC(COC4OC(CO)C(O)C(O)C4O)C(O)C(O)C3O)O2)cc1. The van der Waals surface area contributed by atoms with Gasteiger partial charge in [0.1, 0.15) is 83.5 Å². The van der Waals surface area contributed by atoms with Crippen LogP contribution >= 0.6 is 0 Å². The van der Waals surface area contributed by atoms with Gasteiger partial charge in [0.25, 0.3) is 0 Å². The molecule has 3 aliphatic heterocycles. The third-order valence-corrected chi connectivity index (χ3v) is 7.94. The molecule has 3 aliphatic rings. The van der Waals surface area contributed by atoms with E-state index in [-0.39, 0.29) is 35.0 Å². The smallest absolute Gasteiger partial charge is 0.229 e. The monoisotopic (exact) mass is 638 g/mol. The van der Waals surface area contributed by atoms with Crippen molar-refractivity contribution in [2.45, 2.75) is 80.9 Å². The zero-order valence-electron chi connectivity index (χ0n) is 24.5. The minimum Gasteiger partial charge on any atom is -0.496 e. The Bertz CT molecular complexity index is 1300. The van der Waals surface area contributed by atoms with Gasteiger partial charge in [-0.3, -0.25) is 4.79 Å². The normalized spacial score (nSPS) is 34.9. The van der Waals surface area contributed by atoms with Crippen molar-refractivity contribution in [2.24, 2.45) is 0 Å². The van der Waals surface area contributed by atoms with Gasteiger partial charge in [-0.1, -0.05) is 12.1 Å². The van der Waals surface area contributed by atoms with E-state index in [0.717, 1.165) is 5.56 Å². The van der Waals surface area contributed by atoms with Crippen molar-refractivity contribution in [1.29, 1.82) is 0 Å². The first-order chi connectivity index (χ1) is 21.6. The van der Waals surface area contributed by atoms with Gasteiger partial charge >= 0.3 is 0 Å². The molecule has 0 saturated carbocycles. The molecule has 3 heterocycles. The summed E-state index contributed by atoms with van der Waals surface area (Å²) in [6.45, 7) is 1.16. The van der Waals surface area contributed by atoms with Crippen LogP contribution in [0.25, 0.3) is 0 Å². The van der Waals surface area contributed by atoms with Crippen LogP contribution in [-0.4, -0.2) is 130 Å². The molecule has 5 rings (SSSR count). The number of aliphatic hydroxyl groups is 7. The van der Waals surface area contributed by atoms with E-state index in [9.17, 15) is 40.5 Å². The molecule has 0 spiro atoms. The summed E-state index contributed by atoms with van der Waals surface area (Å²) in [4.78, 5) is 13.4. The number of ether oxygens (including phenoxy) is 7. The number of carbonyl (C=O) groups excluding carboxylic acids is 1. The molecule has 0 aromatic heterocycles. The van der Waals surface area contributed by atoms with Gasteiger partial charge in [0.2, 0.25) is 6.29 Å². The predicted molar refractivity (Wildman–Crippen MR) is 150 cm³/mol. The predicted octanol–water partition coefficient (Wildman–Crippen LogP) is -1.20. The van der Waals surface area contributed by atoms with E-state index in [1.807, 2.05) is 6.92 Å². The van der Waals surface area contributed by atoms with Crippen LogP contribution in [0, 0.1) is 0 Å². The van der Waals surface area contributed by atoms with Crippen molar-refractivity contribution in [2.75, 3.05) is 26.9 Å². The third-order valence-electron chi connectivity index (χ3n) is 7.94. The molecule has 45 heavy (non-hydrogen) atoms. The standard InChI is InChI=1S/C30H38O15/c1-3-40-14-6-4-13(5-7-14)17-10-16(32)22-18(42-17)8-15(39-2)9-19(22)43-30-28(38)26(36)24(34)21(45-30)12-41-29-27(37)25(35)23(33)20(11-31)44-29/h4-9,17,20-21,23-31,33-38H,3,10-12H2,1-2H3. The number of ketones is 1. The van der Waals surface area contributed by atoms with Gasteiger partial charge < -0.3 is 68.9 Å². The molecule has 2 fully saturated rings. The lowest BCUT2D eigenvalue weighted by Crippen LogP contribution is -2.62. The van der Waals surface area contributed by atoms with Crippen molar-refractivity contribution >= 4 is 5.78 Å². The average Bonchev–Trinajstić information content (AvgIpc) is 3.04. The summed E-state index contributed by atoms with van der Waals surface area (Å²) < 4.78 is 39.4. The lowest BCUT2D eigenvalue weighted by Gasteiger charge is -2.42. The van der Waals surface area contributed by atoms with Crippen LogP contribution in [-0.2, 0) is 14.2 Å². The van der Waals surface area contributed by atoms with Crippen molar-refractivity contribution in [3.63, 3.8) is 0 Å². The van der Waals surface area contributed by atoms with Crippen molar-refractivity contribution in [3.8, 4) is 23.0 Å². The third kappa shape index (κ3) is 6.88. The molecule has 2 saturated heterocycles.